The zero-order valence-corrected chi connectivity index (χ0v) is 10.4. The van der Waals surface area contributed by atoms with Crippen LogP contribution >= 0.6 is 0 Å². The number of carbonyl (C=O) groups is 1. The molecule has 4 nitrogen and oxygen atoms in total. The number of benzene rings is 1. The molecule has 0 unspecified atom stereocenters. The molecular formula is C14H19NO3. The van der Waals surface area contributed by atoms with E-state index in [-0.39, 0.29) is 12.4 Å². The summed E-state index contributed by atoms with van der Waals surface area (Å²) in [6, 6.07) is 7.16. The molecule has 1 aliphatic rings. The summed E-state index contributed by atoms with van der Waals surface area (Å²) in [6.45, 7) is 0.869. The molecule has 0 radical (unpaired) electrons. The van der Waals surface area contributed by atoms with E-state index >= 15 is 0 Å². The molecule has 4 heteroatoms. The summed E-state index contributed by atoms with van der Waals surface area (Å²) in [5, 5.41) is 0. The molecule has 98 valence electrons. The average Bonchev–Trinajstić information content (AvgIpc) is 3.13. The van der Waals surface area contributed by atoms with Gasteiger partial charge in [-0.2, -0.15) is 0 Å². The first-order valence-corrected chi connectivity index (χ1v) is 6.38. The van der Waals surface area contributed by atoms with Crippen molar-refractivity contribution in [2.45, 2.75) is 25.7 Å². The van der Waals surface area contributed by atoms with Gasteiger partial charge in [0.2, 0.25) is 0 Å². The number of hydrogen-bond acceptors (Lipinski definition) is 4. The Balaban J connectivity index is 1.57. The Morgan fingerprint density at radius 1 is 1.33 bits per heavy atom. The molecule has 0 spiro atoms. The number of rotatable bonds is 7. The van der Waals surface area contributed by atoms with Crippen molar-refractivity contribution in [1.29, 1.82) is 0 Å². The number of carbonyl (C=O) groups excluding carboxylic acids is 1. The molecule has 0 aromatic heterocycles. The highest BCUT2D eigenvalue weighted by Crippen LogP contribution is 2.32. The summed E-state index contributed by atoms with van der Waals surface area (Å²) in [7, 11) is 0. The van der Waals surface area contributed by atoms with Crippen LogP contribution in [0.25, 0.3) is 0 Å². The van der Waals surface area contributed by atoms with Crippen LogP contribution in [-0.2, 0) is 9.53 Å². The van der Waals surface area contributed by atoms with E-state index in [0.717, 1.165) is 12.3 Å². The van der Waals surface area contributed by atoms with Crippen LogP contribution in [-0.4, -0.2) is 19.2 Å². The van der Waals surface area contributed by atoms with Crippen molar-refractivity contribution in [1.82, 2.24) is 0 Å². The first-order valence-electron chi connectivity index (χ1n) is 6.38. The van der Waals surface area contributed by atoms with Crippen molar-refractivity contribution >= 4 is 11.7 Å². The molecule has 18 heavy (non-hydrogen) atoms. The van der Waals surface area contributed by atoms with Crippen LogP contribution in [0.5, 0.6) is 5.75 Å². The lowest BCUT2D eigenvalue weighted by atomic mass is 10.3. The molecule has 2 rings (SSSR count). The second kappa shape index (κ2) is 6.28. The average molecular weight is 249 g/mol. The molecule has 1 saturated carbocycles. The third kappa shape index (κ3) is 4.65. The van der Waals surface area contributed by atoms with E-state index < -0.39 is 0 Å². The summed E-state index contributed by atoms with van der Waals surface area (Å²) in [5.41, 5.74) is 6.27. The maximum Gasteiger partial charge on any atom is 0.309 e. The molecule has 2 N–H and O–H groups in total. The van der Waals surface area contributed by atoms with E-state index in [1.165, 1.54) is 12.8 Å². The second-order valence-corrected chi connectivity index (χ2v) is 4.62. The van der Waals surface area contributed by atoms with Crippen molar-refractivity contribution < 1.29 is 14.3 Å². The van der Waals surface area contributed by atoms with Crippen LogP contribution in [0, 0.1) is 5.92 Å². The fraction of sp³-hybridized carbons (Fsp3) is 0.500. The summed E-state index contributed by atoms with van der Waals surface area (Å²) >= 11 is 0. The van der Waals surface area contributed by atoms with Gasteiger partial charge in [-0.05, 0) is 24.5 Å². The van der Waals surface area contributed by atoms with E-state index in [1.807, 2.05) is 12.1 Å². The highest BCUT2D eigenvalue weighted by molar-refractivity contribution is 5.69. The number of anilines is 1. The Bertz CT molecular complexity index is 402. The zero-order chi connectivity index (χ0) is 12.8. The molecule has 0 amide bonds. The smallest absolute Gasteiger partial charge is 0.309 e. The van der Waals surface area contributed by atoms with Gasteiger partial charge in [0.15, 0.2) is 0 Å². The van der Waals surface area contributed by atoms with E-state index in [1.54, 1.807) is 12.1 Å². The van der Waals surface area contributed by atoms with Gasteiger partial charge in [-0.15, -0.1) is 0 Å². The first kappa shape index (κ1) is 12.7. The van der Waals surface area contributed by atoms with Crippen molar-refractivity contribution in [3.8, 4) is 5.75 Å². The number of nitrogen functional groups attached to an aromatic ring is 1. The van der Waals surface area contributed by atoms with Crippen LogP contribution in [0.3, 0.4) is 0 Å². The maximum absolute atomic E-state index is 11.4. The van der Waals surface area contributed by atoms with Crippen LogP contribution in [0.2, 0.25) is 0 Å². The Morgan fingerprint density at radius 3 is 2.89 bits per heavy atom. The number of hydrogen-bond donors (Lipinski definition) is 1. The van der Waals surface area contributed by atoms with Crippen LogP contribution in [0.4, 0.5) is 5.69 Å². The predicted molar refractivity (Wildman–Crippen MR) is 69.3 cm³/mol. The molecule has 1 fully saturated rings. The van der Waals surface area contributed by atoms with Gasteiger partial charge in [-0.25, -0.2) is 0 Å². The number of esters is 1. The van der Waals surface area contributed by atoms with Gasteiger partial charge in [0.25, 0.3) is 0 Å². The van der Waals surface area contributed by atoms with Gasteiger partial charge < -0.3 is 15.2 Å². The lowest BCUT2D eigenvalue weighted by Gasteiger charge is -2.07. The van der Waals surface area contributed by atoms with Crippen molar-refractivity contribution in [2.24, 2.45) is 5.92 Å². The van der Waals surface area contributed by atoms with Gasteiger partial charge in [0.05, 0.1) is 19.6 Å². The summed E-state index contributed by atoms with van der Waals surface area (Å²) in [5.74, 6) is 1.28. The minimum absolute atomic E-state index is 0.195. The number of nitrogens with two attached hydrogens (primary N) is 1. The minimum Gasteiger partial charge on any atom is -0.493 e. The van der Waals surface area contributed by atoms with Gasteiger partial charge in [0, 0.05) is 11.8 Å². The van der Waals surface area contributed by atoms with Crippen molar-refractivity contribution in [3.05, 3.63) is 24.3 Å². The Hall–Kier alpha value is -1.71. The molecule has 0 bridgehead atoms. The van der Waals surface area contributed by atoms with Gasteiger partial charge in [0.1, 0.15) is 5.75 Å². The van der Waals surface area contributed by atoms with E-state index in [9.17, 15) is 4.79 Å². The van der Waals surface area contributed by atoms with Gasteiger partial charge in [-0.1, -0.05) is 18.9 Å². The van der Waals surface area contributed by atoms with Crippen LogP contribution in [0.1, 0.15) is 25.7 Å². The Kier molecular flexibility index (Phi) is 4.45. The normalized spacial score (nSPS) is 14.2. The lowest BCUT2D eigenvalue weighted by molar-refractivity contribution is -0.144. The van der Waals surface area contributed by atoms with Crippen molar-refractivity contribution in [2.75, 3.05) is 18.9 Å². The molecule has 1 aromatic rings. The standard InChI is InChI=1S/C14H19NO3/c15-12-2-1-3-13(10-12)17-9-7-14(16)18-8-6-11-4-5-11/h1-3,10-11H,4-9,15H2. The lowest BCUT2D eigenvalue weighted by Crippen LogP contribution is -2.11. The summed E-state index contributed by atoms with van der Waals surface area (Å²) in [6.07, 6.45) is 3.85. The van der Waals surface area contributed by atoms with E-state index in [4.69, 9.17) is 15.2 Å². The highest BCUT2D eigenvalue weighted by atomic mass is 16.5. The molecule has 1 aromatic carbocycles. The SMILES string of the molecule is Nc1cccc(OCCC(=O)OCCC2CC2)c1. The van der Waals surface area contributed by atoms with E-state index in [0.29, 0.717) is 24.7 Å². The topological polar surface area (TPSA) is 61.5 Å². The Morgan fingerprint density at radius 2 is 2.17 bits per heavy atom. The maximum atomic E-state index is 11.4. The largest absolute Gasteiger partial charge is 0.493 e. The summed E-state index contributed by atoms with van der Waals surface area (Å²) < 4.78 is 10.5. The van der Waals surface area contributed by atoms with Gasteiger partial charge in [-0.3, -0.25) is 4.79 Å². The highest BCUT2D eigenvalue weighted by Gasteiger charge is 2.21. The molecule has 0 heterocycles. The van der Waals surface area contributed by atoms with Gasteiger partial charge >= 0.3 is 5.97 Å². The summed E-state index contributed by atoms with van der Waals surface area (Å²) in [4.78, 5) is 11.4. The fourth-order valence-electron chi connectivity index (χ4n) is 1.67. The number of ether oxygens (including phenoxy) is 2. The Labute approximate surface area is 107 Å². The van der Waals surface area contributed by atoms with Crippen molar-refractivity contribution in [3.63, 3.8) is 0 Å². The third-order valence-electron chi connectivity index (χ3n) is 2.92. The fourth-order valence-corrected chi connectivity index (χ4v) is 1.67. The van der Waals surface area contributed by atoms with E-state index in [2.05, 4.69) is 0 Å². The van der Waals surface area contributed by atoms with Crippen LogP contribution < -0.4 is 10.5 Å². The molecule has 0 aliphatic heterocycles. The van der Waals surface area contributed by atoms with Crippen LogP contribution in [0.15, 0.2) is 24.3 Å². The second-order valence-electron chi connectivity index (χ2n) is 4.62. The molecule has 1 aliphatic carbocycles. The monoisotopic (exact) mass is 249 g/mol. The molecule has 0 saturated heterocycles. The molecular weight excluding hydrogens is 230 g/mol. The molecule has 0 atom stereocenters. The quantitative estimate of drug-likeness (QED) is 0.595. The first-order chi connectivity index (χ1) is 8.74. The zero-order valence-electron chi connectivity index (χ0n) is 10.4. The predicted octanol–water partition coefficient (Wildman–Crippen LogP) is 2.38. The minimum atomic E-state index is -0.195. The third-order valence-corrected chi connectivity index (χ3v) is 2.92.